The molecule has 0 aromatic carbocycles. The average molecular weight is 230 g/mol. The summed E-state index contributed by atoms with van der Waals surface area (Å²) >= 11 is 0. The van der Waals surface area contributed by atoms with Crippen LogP contribution in [0.4, 0.5) is 19.0 Å². The molecule has 1 aliphatic rings. The van der Waals surface area contributed by atoms with Crippen molar-refractivity contribution in [3.8, 4) is 6.07 Å². The van der Waals surface area contributed by atoms with Crippen molar-refractivity contribution in [3.63, 3.8) is 0 Å². The van der Waals surface area contributed by atoms with Crippen molar-refractivity contribution in [3.05, 3.63) is 11.8 Å². The highest BCUT2D eigenvalue weighted by molar-refractivity contribution is 5.53. The molecule has 2 atom stereocenters. The minimum atomic E-state index is -4.34. The average Bonchev–Trinajstić information content (AvgIpc) is 2.57. The van der Waals surface area contributed by atoms with Gasteiger partial charge in [-0.2, -0.15) is 23.5 Å². The van der Waals surface area contributed by atoms with Gasteiger partial charge in [-0.05, 0) is 13.3 Å². The zero-order valence-electron chi connectivity index (χ0n) is 8.41. The van der Waals surface area contributed by atoms with Gasteiger partial charge in [0.1, 0.15) is 17.5 Å². The number of fused-ring (bicyclic) bond motifs is 1. The topological polar surface area (TPSA) is 53.6 Å². The van der Waals surface area contributed by atoms with Crippen molar-refractivity contribution in [1.82, 2.24) is 9.78 Å². The van der Waals surface area contributed by atoms with Gasteiger partial charge < -0.3 is 5.32 Å². The lowest BCUT2D eigenvalue weighted by molar-refractivity contribution is -0.173. The molecule has 2 rings (SSSR count). The third-order valence-corrected chi connectivity index (χ3v) is 2.55. The van der Waals surface area contributed by atoms with Gasteiger partial charge in [0.2, 0.25) is 0 Å². The predicted octanol–water partition coefficient (Wildman–Crippen LogP) is 2.06. The van der Waals surface area contributed by atoms with Crippen LogP contribution in [0.5, 0.6) is 0 Å². The van der Waals surface area contributed by atoms with Gasteiger partial charge >= 0.3 is 6.18 Å². The number of aromatic nitrogens is 2. The van der Waals surface area contributed by atoms with Gasteiger partial charge in [0.15, 0.2) is 6.04 Å². The van der Waals surface area contributed by atoms with Gasteiger partial charge in [-0.1, -0.05) is 0 Å². The highest BCUT2D eigenvalue weighted by atomic mass is 19.4. The largest absolute Gasteiger partial charge is 0.410 e. The molecule has 4 nitrogen and oxygen atoms in total. The van der Waals surface area contributed by atoms with Crippen molar-refractivity contribution >= 4 is 5.82 Å². The van der Waals surface area contributed by atoms with Crippen molar-refractivity contribution in [2.24, 2.45) is 0 Å². The molecule has 0 fully saturated rings. The molecule has 1 aromatic heterocycles. The van der Waals surface area contributed by atoms with Crippen LogP contribution in [0.3, 0.4) is 0 Å². The molecule has 1 N–H and O–H groups in total. The van der Waals surface area contributed by atoms with E-state index in [4.69, 9.17) is 5.26 Å². The minimum absolute atomic E-state index is 0.0803. The maximum atomic E-state index is 12.7. The first kappa shape index (κ1) is 10.8. The number of nitriles is 1. The van der Waals surface area contributed by atoms with E-state index < -0.39 is 12.2 Å². The van der Waals surface area contributed by atoms with Crippen molar-refractivity contribution in [2.45, 2.75) is 31.6 Å². The number of halogens is 3. The zero-order chi connectivity index (χ0) is 11.9. The molecule has 0 unspecified atom stereocenters. The van der Waals surface area contributed by atoms with Crippen LogP contribution in [0, 0.1) is 11.3 Å². The van der Waals surface area contributed by atoms with E-state index in [1.807, 2.05) is 6.07 Å². The smallest absolute Gasteiger partial charge is 0.367 e. The summed E-state index contributed by atoms with van der Waals surface area (Å²) in [5, 5.41) is 15.2. The fourth-order valence-corrected chi connectivity index (χ4v) is 1.82. The Morgan fingerprint density at radius 3 is 2.88 bits per heavy atom. The number of alkyl halides is 3. The Morgan fingerprint density at radius 1 is 1.62 bits per heavy atom. The Hall–Kier alpha value is -1.71. The fourth-order valence-electron chi connectivity index (χ4n) is 1.82. The molecule has 0 spiro atoms. The number of rotatable bonds is 0. The molecule has 0 amide bonds. The van der Waals surface area contributed by atoms with Crippen LogP contribution in [0.2, 0.25) is 0 Å². The lowest BCUT2D eigenvalue weighted by Crippen LogP contribution is -2.38. The van der Waals surface area contributed by atoms with E-state index >= 15 is 0 Å². The molecule has 16 heavy (non-hydrogen) atoms. The number of anilines is 1. The fraction of sp³-hybridized carbons (Fsp3) is 0.556. The van der Waals surface area contributed by atoms with E-state index in [1.165, 1.54) is 0 Å². The van der Waals surface area contributed by atoms with Gasteiger partial charge in [0, 0.05) is 6.04 Å². The summed E-state index contributed by atoms with van der Waals surface area (Å²) in [5.41, 5.74) is 0.140. The van der Waals surface area contributed by atoms with Crippen molar-refractivity contribution in [1.29, 1.82) is 5.26 Å². The molecule has 86 valence electrons. The second-order valence-corrected chi connectivity index (χ2v) is 3.80. The van der Waals surface area contributed by atoms with E-state index in [2.05, 4.69) is 10.4 Å². The summed E-state index contributed by atoms with van der Waals surface area (Å²) in [6.45, 7) is 1.65. The molecular formula is C9H9F3N4. The Labute approximate surface area is 89.7 Å². The van der Waals surface area contributed by atoms with E-state index in [0.717, 1.165) is 10.9 Å². The molecule has 1 aliphatic heterocycles. The highest BCUT2D eigenvalue weighted by Crippen LogP contribution is 2.39. The predicted molar refractivity (Wildman–Crippen MR) is 49.7 cm³/mol. The normalized spacial score (nSPS) is 24.4. The first-order valence-corrected chi connectivity index (χ1v) is 4.74. The van der Waals surface area contributed by atoms with Crippen molar-refractivity contribution in [2.75, 3.05) is 5.32 Å². The van der Waals surface area contributed by atoms with Gasteiger partial charge in [0.05, 0.1) is 6.20 Å². The zero-order valence-corrected chi connectivity index (χ0v) is 8.41. The number of hydrogen-bond donors (Lipinski definition) is 1. The molecule has 0 radical (unpaired) electrons. The first-order chi connectivity index (χ1) is 7.43. The summed E-state index contributed by atoms with van der Waals surface area (Å²) < 4.78 is 39.1. The number of nitrogens with one attached hydrogen (secondary N) is 1. The number of hydrogen-bond acceptors (Lipinski definition) is 3. The molecular weight excluding hydrogens is 221 g/mol. The standard InChI is InChI=1S/C9H9F3N4/c1-5-2-7(9(10,11)12)16-8(15-5)6(3-13)4-14-16/h4-5,7,15H,2H2,1H3/t5-,7+/m0/s1. The molecule has 1 aromatic rings. The second-order valence-electron chi connectivity index (χ2n) is 3.80. The Balaban J connectivity index is 2.48. The van der Waals surface area contributed by atoms with Gasteiger partial charge in [0.25, 0.3) is 0 Å². The molecule has 0 saturated heterocycles. The SMILES string of the molecule is C[C@H]1C[C@H](C(F)(F)F)n2ncc(C#N)c2N1. The van der Waals surface area contributed by atoms with Crippen LogP contribution < -0.4 is 5.32 Å². The van der Waals surface area contributed by atoms with Crippen molar-refractivity contribution < 1.29 is 13.2 Å². The molecule has 0 bridgehead atoms. The first-order valence-electron chi connectivity index (χ1n) is 4.74. The lowest BCUT2D eigenvalue weighted by atomic mass is 10.1. The monoisotopic (exact) mass is 230 g/mol. The summed E-state index contributed by atoms with van der Waals surface area (Å²) in [6.07, 6.45) is -3.27. The third kappa shape index (κ3) is 1.60. The Kier molecular flexibility index (Phi) is 2.30. The van der Waals surface area contributed by atoms with Crippen LogP contribution in [0.1, 0.15) is 24.9 Å². The maximum absolute atomic E-state index is 12.7. The third-order valence-electron chi connectivity index (χ3n) is 2.55. The molecule has 0 aliphatic carbocycles. The van der Waals surface area contributed by atoms with Gasteiger partial charge in [-0.15, -0.1) is 0 Å². The van der Waals surface area contributed by atoms with Gasteiger partial charge in [-0.25, -0.2) is 4.68 Å². The summed E-state index contributed by atoms with van der Waals surface area (Å²) in [4.78, 5) is 0. The van der Waals surface area contributed by atoms with E-state index in [0.29, 0.717) is 0 Å². The number of nitrogens with zero attached hydrogens (tertiary/aromatic N) is 3. The highest BCUT2D eigenvalue weighted by Gasteiger charge is 2.45. The van der Waals surface area contributed by atoms with Crippen LogP contribution >= 0.6 is 0 Å². The summed E-state index contributed by atoms with van der Waals surface area (Å²) in [6, 6.07) is -0.168. The van der Waals surface area contributed by atoms with Crippen LogP contribution in [0.25, 0.3) is 0 Å². The molecule has 2 heterocycles. The quantitative estimate of drug-likeness (QED) is 0.742. The Bertz CT molecular complexity index is 443. The van der Waals surface area contributed by atoms with Gasteiger partial charge in [-0.3, -0.25) is 0 Å². The maximum Gasteiger partial charge on any atom is 0.410 e. The second kappa shape index (κ2) is 3.40. The van der Waals surface area contributed by atoms with Crippen LogP contribution in [-0.2, 0) is 0 Å². The summed E-state index contributed by atoms with van der Waals surface area (Å²) in [5.74, 6) is 0.156. The lowest BCUT2D eigenvalue weighted by Gasteiger charge is -2.31. The minimum Gasteiger partial charge on any atom is -0.367 e. The van der Waals surface area contributed by atoms with Crippen LogP contribution in [-0.4, -0.2) is 22.0 Å². The summed E-state index contributed by atoms with van der Waals surface area (Å²) in [7, 11) is 0. The Morgan fingerprint density at radius 2 is 2.31 bits per heavy atom. The van der Waals surface area contributed by atoms with E-state index in [1.54, 1.807) is 6.92 Å². The molecule has 0 saturated carbocycles. The van der Waals surface area contributed by atoms with E-state index in [-0.39, 0.29) is 23.8 Å². The van der Waals surface area contributed by atoms with Crippen LogP contribution in [0.15, 0.2) is 6.20 Å². The molecule has 7 heteroatoms. The van der Waals surface area contributed by atoms with E-state index in [9.17, 15) is 13.2 Å².